The minimum atomic E-state index is -0.760. The number of unbranched alkanes of at least 4 members (excludes halogenated alkanes) is 30. The van der Waals surface area contributed by atoms with Gasteiger partial charge in [0.05, 0.1) is 0 Å². The average Bonchev–Trinajstić information content (AvgIpc) is 3.18. The molecule has 0 aromatic heterocycles. The minimum absolute atomic E-state index is 0.0640. The van der Waals surface area contributed by atoms with Crippen LogP contribution in [-0.4, -0.2) is 37.2 Å². The molecule has 338 valence electrons. The summed E-state index contributed by atoms with van der Waals surface area (Å²) in [6, 6.07) is 0. The van der Waals surface area contributed by atoms with Gasteiger partial charge in [0, 0.05) is 19.3 Å². The average molecular weight is 807 g/mol. The molecule has 0 radical (unpaired) electrons. The van der Waals surface area contributed by atoms with E-state index in [1.54, 1.807) is 0 Å². The third-order valence-electron chi connectivity index (χ3n) is 11.5. The summed E-state index contributed by atoms with van der Waals surface area (Å²) in [5, 5.41) is 0. The molecule has 57 heavy (non-hydrogen) atoms. The van der Waals surface area contributed by atoms with Crippen molar-refractivity contribution in [3.8, 4) is 0 Å². The lowest BCUT2D eigenvalue weighted by atomic mass is 10.0. The molecule has 6 nitrogen and oxygen atoms in total. The molecule has 0 aromatic carbocycles. The summed E-state index contributed by atoms with van der Waals surface area (Å²) in [4.78, 5) is 37.8. The van der Waals surface area contributed by atoms with Crippen molar-refractivity contribution in [3.63, 3.8) is 0 Å². The number of hydrogen-bond acceptors (Lipinski definition) is 6. The van der Waals surface area contributed by atoms with Gasteiger partial charge in [0.2, 0.25) is 0 Å². The Morgan fingerprint density at radius 1 is 0.333 bits per heavy atom. The highest BCUT2D eigenvalue weighted by Crippen LogP contribution is 2.17. The lowest BCUT2D eigenvalue weighted by Crippen LogP contribution is -2.30. The van der Waals surface area contributed by atoms with E-state index in [0.29, 0.717) is 19.3 Å². The Hall–Kier alpha value is -1.59. The smallest absolute Gasteiger partial charge is 0.306 e. The molecule has 0 aliphatic heterocycles. The quantitative estimate of drug-likeness (QED) is 0.0346. The predicted octanol–water partition coefficient (Wildman–Crippen LogP) is 16.1. The van der Waals surface area contributed by atoms with E-state index in [1.807, 2.05) is 0 Å². The standard InChI is InChI=1S/C51H98O6/c1-6-7-8-9-10-11-21-28-33-38-43-51(54)57-48(45-56-50(53)42-37-32-27-23-18-20-25-30-35-40-47(4)5)44-55-49(52)41-36-31-26-22-17-15-13-12-14-16-19-24-29-34-39-46(2)3/h46-48H,6-45H2,1-5H3/t48-/m0/s1. The van der Waals surface area contributed by atoms with Gasteiger partial charge in [-0.15, -0.1) is 0 Å². The highest BCUT2D eigenvalue weighted by atomic mass is 16.6. The molecule has 0 spiro atoms. The molecular formula is C51H98O6. The Morgan fingerprint density at radius 3 is 0.860 bits per heavy atom. The van der Waals surface area contributed by atoms with Gasteiger partial charge in [0.15, 0.2) is 6.10 Å². The first-order valence-electron chi connectivity index (χ1n) is 25.2. The molecule has 0 aliphatic rings. The highest BCUT2D eigenvalue weighted by Gasteiger charge is 2.19. The SMILES string of the molecule is CCCCCCCCCCCCC(=O)O[C@@H](COC(=O)CCCCCCCCCCCCCCCCC(C)C)COC(=O)CCCCCCCCCCCC(C)C. The summed E-state index contributed by atoms with van der Waals surface area (Å²) in [5.74, 6) is 0.801. The lowest BCUT2D eigenvalue weighted by Gasteiger charge is -2.18. The van der Waals surface area contributed by atoms with E-state index in [0.717, 1.165) is 69.6 Å². The first-order chi connectivity index (χ1) is 27.7. The third kappa shape index (κ3) is 45.3. The van der Waals surface area contributed by atoms with Crippen LogP contribution in [0.2, 0.25) is 0 Å². The van der Waals surface area contributed by atoms with Crippen molar-refractivity contribution in [2.24, 2.45) is 11.8 Å². The van der Waals surface area contributed by atoms with Crippen molar-refractivity contribution in [1.82, 2.24) is 0 Å². The topological polar surface area (TPSA) is 78.9 Å². The summed E-state index contributed by atoms with van der Waals surface area (Å²) in [7, 11) is 0. The molecule has 0 N–H and O–H groups in total. The van der Waals surface area contributed by atoms with Crippen molar-refractivity contribution in [1.29, 1.82) is 0 Å². The second kappa shape index (κ2) is 44.0. The first-order valence-corrected chi connectivity index (χ1v) is 25.2. The van der Waals surface area contributed by atoms with Crippen LogP contribution < -0.4 is 0 Å². The van der Waals surface area contributed by atoms with Gasteiger partial charge in [-0.25, -0.2) is 0 Å². The fraction of sp³-hybridized carbons (Fsp3) is 0.941. The Balaban J connectivity index is 4.26. The normalized spacial score (nSPS) is 12.1. The Kier molecular flexibility index (Phi) is 42.7. The maximum atomic E-state index is 12.7. The van der Waals surface area contributed by atoms with E-state index < -0.39 is 6.10 Å². The molecule has 0 rings (SSSR count). The highest BCUT2D eigenvalue weighted by molar-refractivity contribution is 5.71. The van der Waals surface area contributed by atoms with Gasteiger partial charge in [-0.2, -0.15) is 0 Å². The van der Waals surface area contributed by atoms with E-state index >= 15 is 0 Å². The molecule has 0 saturated carbocycles. The van der Waals surface area contributed by atoms with Crippen LogP contribution in [0.3, 0.4) is 0 Å². The zero-order valence-electron chi connectivity index (χ0n) is 39.0. The molecule has 0 heterocycles. The van der Waals surface area contributed by atoms with Gasteiger partial charge in [0.1, 0.15) is 13.2 Å². The van der Waals surface area contributed by atoms with E-state index in [1.165, 1.54) is 167 Å². The van der Waals surface area contributed by atoms with Gasteiger partial charge < -0.3 is 14.2 Å². The van der Waals surface area contributed by atoms with E-state index in [2.05, 4.69) is 34.6 Å². The predicted molar refractivity (Wildman–Crippen MR) is 243 cm³/mol. The minimum Gasteiger partial charge on any atom is -0.462 e. The zero-order chi connectivity index (χ0) is 41.9. The molecular weight excluding hydrogens is 709 g/mol. The molecule has 0 amide bonds. The summed E-state index contributed by atoms with van der Waals surface area (Å²) in [6.45, 7) is 11.3. The summed E-state index contributed by atoms with van der Waals surface area (Å²) < 4.78 is 16.8. The van der Waals surface area contributed by atoms with Crippen molar-refractivity contribution >= 4 is 17.9 Å². The molecule has 0 saturated heterocycles. The maximum Gasteiger partial charge on any atom is 0.306 e. The van der Waals surface area contributed by atoms with Gasteiger partial charge in [-0.05, 0) is 31.1 Å². The molecule has 0 aromatic rings. The zero-order valence-corrected chi connectivity index (χ0v) is 39.0. The van der Waals surface area contributed by atoms with Gasteiger partial charge in [-0.1, -0.05) is 240 Å². The molecule has 0 fully saturated rings. The molecule has 0 bridgehead atoms. The van der Waals surface area contributed by atoms with Crippen molar-refractivity contribution in [2.45, 2.75) is 285 Å². The van der Waals surface area contributed by atoms with Crippen molar-refractivity contribution < 1.29 is 28.6 Å². The second-order valence-electron chi connectivity index (χ2n) is 18.4. The lowest BCUT2D eigenvalue weighted by molar-refractivity contribution is -0.167. The van der Waals surface area contributed by atoms with Crippen LogP contribution in [0, 0.1) is 11.8 Å². The maximum absolute atomic E-state index is 12.7. The monoisotopic (exact) mass is 807 g/mol. The van der Waals surface area contributed by atoms with Crippen molar-refractivity contribution in [2.75, 3.05) is 13.2 Å². The summed E-state index contributed by atoms with van der Waals surface area (Å²) in [5.41, 5.74) is 0. The van der Waals surface area contributed by atoms with Gasteiger partial charge in [0.25, 0.3) is 0 Å². The first kappa shape index (κ1) is 55.4. The number of hydrogen-bond donors (Lipinski definition) is 0. The van der Waals surface area contributed by atoms with E-state index in [4.69, 9.17) is 14.2 Å². The van der Waals surface area contributed by atoms with Gasteiger partial charge >= 0.3 is 17.9 Å². The van der Waals surface area contributed by atoms with Crippen LogP contribution in [0.25, 0.3) is 0 Å². The number of ether oxygens (including phenoxy) is 3. The summed E-state index contributed by atoms with van der Waals surface area (Å²) in [6.07, 6.45) is 43.8. The van der Waals surface area contributed by atoms with E-state index in [9.17, 15) is 14.4 Å². The number of carbonyl (C=O) groups is 3. The Labute approximate surface area is 355 Å². The fourth-order valence-electron chi connectivity index (χ4n) is 7.64. The van der Waals surface area contributed by atoms with Crippen LogP contribution in [0.4, 0.5) is 0 Å². The van der Waals surface area contributed by atoms with Crippen LogP contribution in [0.1, 0.15) is 279 Å². The molecule has 0 aliphatic carbocycles. The molecule has 6 heteroatoms. The van der Waals surface area contributed by atoms with Crippen LogP contribution in [0.15, 0.2) is 0 Å². The fourth-order valence-corrected chi connectivity index (χ4v) is 7.64. The van der Waals surface area contributed by atoms with Crippen molar-refractivity contribution in [3.05, 3.63) is 0 Å². The third-order valence-corrected chi connectivity index (χ3v) is 11.5. The number of rotatable bonds is 45. The van der Waals surface area contributed by atoms with Gasteiger partial charge in [-0.3, -0.25) is 14.4 Å². The van der Waals surface area contributed by atoms with E-state index in [-0.39, 0.29) is 31.1 Å². The number of esters is 3. The second-order valence-corrected chi connectivity index (χ2v) is 18.4. The largest absolute Gasteiger partial charge is 0.462 e. The Bertz CT molecular complexity index is 870. The Morgan fingerprint density at radius 2 is 0.579 bits per heavy atom. The van der Waals surface area contributed by atoms with Crippen LogP contribution >= 0.6 is 0 Å². The molecule has 0 unspecified atom stereocenters. The van der Waals surface area contributed by atoms with Crippen LogP contribution in [-0.2, 0) is 28.6 Å². The summed E-state index contributed by atoms with van der Waals surface area (Å²) >= 11 is 0. The molecule has 1 atom stereocenters. The number of carbonyl (C=O) groups excluding carboxylic acids is 3. The van der Waals surface area contributed by atoms with Crippen LogP contribution in [0.5, 0.6) is 0 Å².